The smallest absolute Gasteiger partial charge is 0.317 e. The normalized spacial score (nSPS) is 23.2. The molecule has 2 amide bonds. The third kappa shape index (κ3) is 3.72. The maximum atomic E-state index is 13.7. The molecule has 1 saturated heterocycles. The number of nitrogens with zero attached hydrogens (tertiary/aromatic N) is 1. The number of amides is 2. The van der Waals surface area contributed by atoms with Crippen molar-refractivity contribution < 1.29 is 14.3 Å². The van der Waals surface area contributed by atoms with E-state index in [-0.39, 0.29) is 29.8 Å². The number of urea groups is 1. The largest absolute Gasteiger partial charge is 0.396 e. The van der Waals surface area contributed by atoms with E-state index in [4.69, 9.17) is 0 Å². The summed E-state index contributed by atoms with van der Waals surface area (Å²) in [6, 6.07) is 6.77. The summed E-state index contributed by atoms with van der Waals surface area (Å²) in [5.41, 5.74) is 0.837. The Hall–Kier alpha value is -1.62. The molecule has 0 radical (unpaired) electrons. The van der Waals surface area contributed by atoms with Crippen molar-refractivity contribution >= 4 is 6.03 Å². The molecule has 24 heavy (non-hydrogen) atoms. The van der Waals surface area contributed by atoms with E-state index in [9.17, 15) is 14.3 Å². The highest BCUT2D eigenvalue weighted by Crippen LogP contribution is 2.39. The molecule has 0 spiro atoms. The van der Waals surface area contributed by atoms with Gasteiger partial charge in [-0.05, 0) is 37.0 Å². The Morgan fingerprint density at radius 2 is 2.12 bits per heavy atom. The van der Waals surface area contributed by atoms with E-state index in [1.165, 1.54) is 12.5 Å². The number of likely N-dealkylation sites (tertiary alicyclic amines) is 1. The van der Waals surface area contributed by atoms with Gasteiger partial charge in [0, 0.05) is 37.6 Å². The molecule has 2 fully saturated rings. The molecular formula is C19H27FN2O2. The van der Waals surface area contributed by atoms with E-state index in [0.29, 0.717) is 19.6 Å². The lowest BCUT2D eigenvalue weighted by molar-refractivity contribution is 0.192. The van der Waals surface area contributed by atoms with E-state index >= 15 is 0 Å². The molecule has 0 bridgehead atoms. The van der Waals surface area contributed by atoms with Gasteiger partial charge >= 0.3 is 6.03 Å². The lowest BCUT2D eigenvalue weighted by Crippen LogP contribution is -2.46. The summed E-state index contributed by atoms with van der Waals surface area (Å²) in [4.78, 5) is 14.2. The Bertz CT molecular complexity index is 572. The monoisotopic (exact) mass is 334 g/mol. The van der Waals surface area contributed by atoms with Gasteiger partial charge in [0.1, 0.15) is 5.82 Å². The van der Waals surface area contributed by atoms with E-state index in [0.717, 1.165) is 37.7 Å². The molecule has 132 valence electrons. The highest BCUT2D eigenvalue weighted by atomic mass is 19.1. The summed E-state index contributed by atoms with van der Waals surface area (Å²) in [6.45, 7) is 2.01. The predicted molar refractivity (Wildman–Crippen MR) is 91.3 cm³/mol. The topological polar surface area (TPSA) is 52.6 Å². The fourth-order valence-corrected chi connectivity index (χ4v) is 4.14. The van der Waals surface area contributed by atoms with Crippen LogP contribution < -0.4 is 5.32 Å². The minimum atomic E-state index is -0.214. The average molecular weight is 334 g/mol. The second-order valence-electron chi connectivity index (χ2n) is 7.29. The molecule has 1 aromatic carbocycles. The van der Waals surface area contributed by atoms with Crippen LogP contribution in [0.4, 0.5) is 9.18 Å². The minimum absolute atomic E-state index is 0.0627. The summed E-state index contributed by atoms with van der Waals surface area (Å²) < 4.78 is 13.7. The first-order valence-corrected chi connectivity index (χ1v) is 9.03. The Labute approximate surface area is 143 Å². The highest BCUT2D eigenvalue weighted by molar-refractivity contribution is 5.74. The number of nitrogens with one attached hydrogen (secondary N) is 1. The Morgan fingerprint density at radius 1 is 1.33 bits per heavy atom. The maximum absolute atomic E-state index is 13.7. The van der Waals surface area contributed by atoms with E-state index in [2.05, 4.69) is 5.32 Å². The van der Waals surface area contributed by atoms with Gasteiger partial charge in [0.25, 0.3) is 0 Å². The first-order chi connectivity index (χ1) is 11.6. The number of aliphatic hydroxyl groups is 1. The van der Waals surface area contributed by atoms with Gasteiger partial charge in [-0.15, -0.1) is 0 Å². The van der Waals surface area contributed by atoms with Crippen molar-refractivity contribution in [3.05, 3.63) is 35.6 Å². The van der Waals surface area contributed by atoms with Crippen LogP contribution in [0.15, 0.2) is 24.3 Å². The fourth-order valence-electron chi connectivity index (χ4n) is 4.14. The Kier molecular flexibility index (Phi) is 5.39. The predicted octanol–water partition coefficient (Wildman–Crippen LogP) is 3.05. The SMILES string of the molecule is O=C(NCC1(c2cccc(F)c2)CCCCC1)N1CCC(CO)C1. The van der Waals surface area contributed by atoms with Crippen LogP contribution in [0, 0.1) is 11.7 Å². The van der Waals surface area contributed by atoms with Crippen molar-refractivity contribution in [2.24, 2.45) is 5.92 Å². The van der Waals surface area contributed by atoms with Crippen molar-refractivity contribution in [2.45, 2.75) is 43.9 Å². The number of halogens is 1. The summed E-state index contributed by atoms with van der Waals surface area (Å²) in [5, 5.41) is 12.3. The summed E-state index contributed by atoms with van der Waals surface area (Å²) in [6.07, 6.45) is 6.26. The van der Waals surface area contributed by atoms with Crippen LogP contribution in [0.2, 0.25) is 0 Å². The van der Waals surface area contributed by atoms with Crippen LogP contribution in [-0.4, -0.2) is 42.3 Å². The molecule has 1 heterocycles. The number of carbonyl (C=O) groups excluding carboxylic acids is 1. The second kappa shape index (κ2) is 7.51. The van der Waals surface area contributed by atoms with Crippen molar-refractivity contribution in [1.29, 1.82) is 0 Å². The van der Waals surface area contributed by atoms with Gasteiger partial charge in [0.2, 0.25) is 0 Å². The van der Waals surface area contributed by atoms with Crippen molar-refractivity contribution in [1.82, 2.24) is 10.2 Å². The molecule has 2 aliphatic rings. The molecule has 1 aliphatic heterocycles. The van der Waals surface area contributed by atoms with Gasteiger partial charge in [0.05, 0.1) is 0 Å². The van der Waals surface area contributed by atoms with E-state index in [1.807, 2.05) is 6.07 Å². The molecule has 3 rings (SSSR count). The van der Waals surface area contributed by atoms with E-state index in [1.54, 1.807) is 17.0 Å². The summed E-state index contributed by atoms with van der Waals surface area (Å²) in [7, 11) is 0. The molecule has 1 atom stereocenters. The maximum Gasteiger partial charge on any atom is 0.317 e. The van der Waals surface area contributed by atoms with Gasteiger partial charge < -0.3 is 15.3 Å². The molecule has 1 saturated carbocycles. The van der Waals surface area contributed by atoms with Crippen LogP contribution in [-0.2, 0) is 5.41 Å². The first-order valence-electron chi connectivity index (χ1n) is 9.03. The zero-order valence-electron chi connectivity index (χ0n) is 14.1. The van der Waals surface area contributed by atoms with Crippen molar-refractivity contribution in [3.8, 4) is 0 Å². The quantitative estimate of drug-likeness (QED) is 0.889. The van der Waals surface area contributed by atoms with Crippen LogP contribution in [0.25, 0.3) is 0 Å². The number of rotatable bonds is 4. The molecule has 4 nitrogen and oxygen atoms in total. The number of aliphatic hydroxyl groups excluding tert-OH is 1. The minimum Gasteiger partial charge on any atom is -0.396 e. The molecule has 1 aliphatic carbocycles. The zero-order chi connectivity index (χ0) is 17.0. The first kappa shape index (κ1) is 17.2. The van der Waals surface area contributed by atoms with Crippen LogP contribution in [0.1, 0.15) is 44.1 Å². The Balaban J connectivity index is 1.68. The van der Waals surface area contributed by atoms with Crippen LogP contribution in [0.3, 0.4) is 0 Å². The third-order valence-corrected chi connectivity index (χ3v) is 5.66. The van der Waals surface area contributed by atoms with Crippen LogP contribution >= 0.6 is 0 Å². The molecule has 1 aromatic rings. The molecule has 2 N–H and O–H groups in total. The molecule has 0 aromatic heterocycles. The average Bonchev–Trinajstić information content (AvgIpc) is 3.10. The summed E-state index contributed by atoms with van der Waals surface area (Å²) in [5.74, 6) is -0.0169. The Morgan fingerprint density at radius 3 is 2.79 bits per heavy atom. The van der Waals surface area contributed by atoms with Gasteiger partial charge in [-0.1, -0.05) is 31.4 Å². The zero-order valence-corrected chi connectivity index (χ0v) is 14.1. The van der Waals surface area contributed by atoms with Crippen molar-refractivity contribution in [2.75, 3.05) is 26.2 Å². The standard InChI is InChI=1S/C19H27FN2O2/c20-17-6-4-5-16(11-17)19(8-2-1-3-9-19)14-21-18(24)22-10-7-15(12-22)13-23/h4-6,11,15,23H,1-3,7-10,12-14H2,(H,21,24). The fraction of sp³-hybridized carbons (Fsp3) is 0.632. The lowest BCUT2D eigenvalue weighted by Gasteiger charge is -2.38. The van der Waals surface area contributed by atoms with Gasteiger partial charge in [-0.25, -0.2) is 9.18 Å². The second-order valence-corrected chi connectivity index (χ2v) is 7.29. The van der Waals surface area contributed by atoms with Gasteiger partial charge in [0.15, 0.2) is 0 Å². The number of hydrogen-bond acceptors (Lipinski definition) is 2. The van der Waals surface area contributed by atoms with Crippen molar-refractivity contribution in [3.63, 3.8) is 0 Å². The third-order valence-electron chi connectivity index (χ3n) is 5.66. The number of carbonyl (C=O) groups is 1. The van der Waals surface area contributed by atoms with Crippen LogP contribution in [0.5, 0.6) is 0 Å². The van der Waals surface area contributed by atoms with Gasteiger partial charge in [-0.2, -0.15) is 0 Å². The molecule has 1 unspecified atom stereocenters. The molecule has 5 heteroatoms. The van der Waals surface area contributed by atoms with Gasteiger partial charge in [-0.3, -0.25) is 0 Å². The molecular weight excluding hydrogens is 307 g/mol. The van der Waals surface area contributed by atoms with E-state index < -0.39 is 0 Å². The summed E-state index contributed by atoms with van der Waals surface area (Å²) >= 11 is 0. The highest BCUT2D eigenvalue weighted by Gasteiger charge is 2.35. The lowest BCUT2D eigenvalue weighted by atomic mass is 9.69. The number of benzene rings is 1. The number of hydrogen-bond donors (Lipinski definition) is 2.